The van der Waals surface area contributed by atoms with Gasteiger partial charge in [-0.1, -0.05) is 40.0 Å². The first-order valence-corrected chi connectivity index (χ1v) is 5.84. The van der Waals surface area contributed by atoms with Crippen LogP contribution in [0.3, 0.4) is 0 Å². The van der Waals surface area contributed by atoms with Gasteiger partial charge in [0.15, 0.2) is 0 Å². The van der Waals surface area contributed by atoms with Crippen LogP contribution >= 0.6 is 0 Å². The van der Waals surface area contributed by atoms with Gasteiger partial charge in [0.25, 0.3) is 0 Å². The van der Waals surface area contributed by atoms with Crippen molar-refractivity contribution in [3.05, 3.63) is 34.9 Å². The van der Waals surface area contributed by atoms with Crippen LogP contribution in [-0.4, -0.2) is 0 Å². The molecule has 2 unspecified atom stereocenters. The summed E-state index contributed by atoms with van der Waals surface area (Å²) in [6.45, 7) is 4.82. The van der Waals surface area contributed by atoms with E-state index < -0.39 is 0 Å². The summed E-state index contributed by atoms with van der Waals surface area (Å²) in [6.07, 6.45) is 2.94. The van der Waals surface area contributed by atoms with Gasteiger partial charge in [-0.3, -0.25) is 0 Å². The van der Waals surface area contributed by atoms with Crippen molar-refractivity contribution in [1.29, 1.82) is 0 Å². The first kappa shape index (κ1) is 11.7. The highest BCUT2D eigenvalue weighted by atomic mass is 14.8. The molecule has 0 radical (unpaired) electrons. The van der Waals surface area contributed by atoms with Crippen molar-refractivity contribution in [1.82, 2.24) is 0 Å². The van der Waals surface area contributed by atoms with Crippen molar-refractivity contribution in [2.45, 2.75) is 53.4 Å². The summed E-state index contributed by atoms with van der Waals surface area (Å²) in [7, 11) is 0. The largest absolute Gasteiger partial charge is 0.0776 e. The zero-order valence-corrected chi connectivity index (χ0v) is 8.88. The molecule has 88 valence electrons. The van der Waals surface area contributed by atoms with Crippen LogP contribution < -0.4 is 0 Å². The van der Waals surface area contributed by atoms with Crippen molar-refractivity contribution >= 4 is 0 Å². The normalized spacial score (nSPS) is 40.5. The molecular formula is C16H24. The third kappa shape index (κ3) is 0.924. The van der Waals surface area contributed by atoms with Gasteiger partial charge in [-0.25, -0.2) is 0 Å². The van der Waals surface area contributed by atoms with E-state index in [1.807, 2.05) is 0 Å². The Kier molecular flexibility index (Phi) is 2.28. The Morgan fingerprint density at radius 3 is 2.69 bits per heavy atom. The minimum atomic E-state index is 0. The molecule has 3 aliphatic carbocycles. The Bertz CT molecular complexity index is 432. The second-order valence-corrected chi connectivity index (χ2v) is 5.66. The van der Waals surface area contributed by atoms with Gasteiger partial charge in [0.2, 0.25) is 0 Å². The molecule has 0 heteroatoms. The second-order valence-electron chi connectivity index (χ2n) is 5.66. The number of fused-ring (bicyclic) bond motifs is 4. The molecule has 4 atom stereocenters. The van der Waals surface area contributed by atoms with Crippen LogP contribution in [0.1, 0.15) is 63.1 Å². The molecule has 0 spiro atoms. The predicted octanol–water partition coefficient (Wildman–Crippen LogP) is 4.88. The molecule has 1 aromatic rings. The molecule has 0 bridgehead atoms. The predicted molar refractivity (Wildman–Crippen MR) is 71.0 cm³/mol. The summed E-state index contributed by atoms with van der Waals surface area (Å²) in [5, 5.41) is 0. The summed E-state index contributed by atoms with van der Waals surface area (Å²) >= 11 is 0. The number of rotatable bonds is 0. The molecular weight excluding hydrogens is 192 g/mol. The third-order valence-electron chi connectivity index (χ3n) is 5.32. The quantitative estimate of drug-likeness (QED) is 0.580. The van der Waals surface area contributed by atoms with Gasteiger partial charge < -0.3 is 0 Å². The summed E-state index contributed by atoms with van der Waals surface area (Å²) in [6, 6.07) is 6.93. The van der Waals surface area contributed by atoms with Gasteiger partial charge >= 0.3 is 0 Å². The lowest BCUT2D eigenvalue weighted by atomic mass is 9.87. The summed E-state index contributed by atoms with van der Waals surface area (Å²) in [5.41, 5.74) is 5.67. The summed E-state index contributed by atoms with van der Waals surface area (Å²) < 4.78 is 0. The molecule has 0 amide bonds. The van der Waals surface area contributed by atoms with E-state index in [4.69, 9.17) is 0 Å². The number of aryl methyl sites for hydroxylation is 1. The Morgan fingerprint density at radius 1 is 1.19 bits per heavy atom. The molecule has 0 aliphatic heterocycles. The van der Waals surface area contributed by atoms with Gasteiger partial charge in [0.05, 0.1) is 0 Å². The number of benzene rings is 1. The first-order chi connectivity index (χ1) is 6.74. The maximum absolute atomic E-state index is 2.53. The van der Waals surface area contributed by atoms with E-state index in [1.165, 1.54) is 12.8 Å². The molecule has 2 saturated carbocycles. The molecule has 1 aromatic carbocycles. The molecule has 16 heavy (non-hydrogen) atoms. The molecule has 0 heterocycles. The fraction of sp³-hybridized carbons (Fsp3) is 0.625. The van der Waals surface area contributed by atoms with E-state index in [2.05, 4.69) is 32.0 Å². The van der Waals surface area contributed by atoms with Crippen LogP contribution in [0.15, 0.2) is 18.2 Å². The van der Waals surface area contributed by atoms with Crippen LogP contribution in [-0.2, 0) is 0 Å². The lowest BCUT2D eigenvalue weighted by Crippen LogP contribution is -2.04. The lowest BCUT2D eigenvalue weighted by molar-refractivity contribution is 0.475. The number of hydrogen-bond donors (Lipinski definition) is 0. The maximum Gasteiger partial charge on any atom is -0.00624 e. The highest BCUT2D eigenvalue weighted by molar-refractivity contribution is 5.55. The number of hydrogen-bond acceptors (Lipinski definition) is 0. The van der Waals surface area contributed by atoms with Crippen molar-refractivity contribution in [2.75, 3.05) is 0 Å². The average molecular weight is 216 g/mol. The van der Waals surface area contributed by atoms with E-state index in [-0.39, 0.29) is 14.9 Å². The molecule has 0 nitrogen and oxygen atoms in total. The van der Waals surface area contributed by atoms with Crippen molar-refractivity contribution < 1.29 is 0 Å². The third-order valence-corrected chi connectivity index (χ3v) is 5.32. The Morgan fingerprint density at radius 2 is 1.94 bits per heavy atom. The molecule has 2 fully saturated rings. The Hall–Kier alpha value is -0.780. The Balaban J connectivity index is 0.000000482. The molecule has 0 aromatic heterocycles. The van der Waals surface area contributed by atoms with Crippen LogP contribution in [0.4, 0.5) is 0 Å². The minimum absolute atomic E-state index is 0. The van der Waals surface area contributed by atoms with Crippen LogP contribution in [0.5, 0.6) is 0 Å². The SMILES string of the molecule is C.C.Cc1cccc2c1[C@H]1CCC3[C@@H]2C31C. The average Bonchev–Trinajstić information content (AvgIpc) is 2.58. The van der Waals surface area contributed by atoms with E-state index >= 15 is 0 Å². The van der Waals surface area contributed by atoms with Crippen molar-refractivity contribution in [2.24, 2.45) is 11.3 Å². The lowest BCUT2D eigenvalue weighted by Gasteiger charge is -2.17. The standard InChI is InChI=1S/C14H16.2CH4/c1-8-4-3-5-9-12(8)10-6-7-11-13(9)14(10,11)2;;/h3-5,10-11,13H,6-7H2,1-2H3;2*1H4/t10-,11?,13-,14?;;/m1../s1. The monoisotopic (exact) mass is 216 g/mol. The summed E-state index contributed by atoms with van der Waals surface area (Å²) in [5.74, 6) is 2.90. The maximum atomic E-state index is 2.53. The second kappa shape index (κ2) is 3.12. The smallest absolute Gasteiger partial charge is 0.00624 e. The summed E-state index contributed by atoms with van der Waals surface area (Å²) in [4.78, 5) is 0. The Labute approximate surface area is 100 Å². The van der Waals surface area contributed by atoms with Gasteiger partial charge in [0.1, 0.15) is 0 Å². The fourth-order valence-corrected chi connectivity index (χ4v) is 4.69. The van der Waals surface area contributed by atoms with E-state index in [0.717, 1.165) is 17.8 Å². The molecule has 0 saturated heterocycles. The van der Waals surface area contributed by atoms with Crippen LogP contribution in [0.25, 0.3) is 0 Å². The highest BCUT2D eigenvalue weighted by Gasteiger charge is 2.72. The zero-order valence-electron chi connectivity index (χ0n) is 8.88. The van der Waals surface area contributed by atoms with Crippen LogP contribution in [0, 0.1) is 18.3 Å². The van der Waals surface area contributed by atoms with Crippen LogP contribution in [0.2, 0.25) is 0 Å². The topological polar surface area (TPSA) is 0 Å². The van der Waals surface area contributed by atoms with Gasteiger partial charge in [-0.15, -0.1) is 0 Å². The zero-order chi connectivity index (χ0) is 9.50. The molecule has 3 aliphatic rings. The van der Waals surface area contributed by atoms with Crippen molar-refractivity contribution in [3.8, 4) is 0 Å². The molecule has 0 N–H and O–H groups in total. The van der Waals surface area contributed by atoms with E-state index in [0.29, 0.717) is 5.41 Å². The van der Waals surface area contributed by atoms with E-state index in [1.54, 1.807) is 16.7 Å². The van der Waals surface area contributed by atoms with Gasteiger partial charge in [-0.05, 0) is 59.6 Å². The fourth-order valence-electron chi connectivity index (χ4n) is 4.69. The molecule has 4 rings (SSSR count). The van der Waals surface area contributed by atoms with Crippen molar-refractivity contribution in [3.63, 3.8) is 0 Å². The van der Waals surface area contributed by atoms with E-state index in [9.17, 15) is 0 Å². The van der Waals surface area contributed by atoms with Gasteiger partial charge in [-0.2, -0.15) is 0 Å². The first-order valence-electron chi connectivity index (χ1n) is 5.84. The minimum Gasteiger partial charge on any atom is -0.0776 e. The van der Waals surface area contributed by atoms with Gasteiger partial charge in [0, 0.05) is 0 Å². The highest BCUT2D eigenvalue weighted by Crippen LogP contribution is 2.82.